The predicted molar refractivity (Wildman–Crippen MR) is 81.2 cm³/mol. The van der Waals surface area contributed by atoms with Gasteiger partial charge in [-0.1, -0.05) is 62.2 Å². The van der Waals surface area contributed by atoms with Crippen LogP contribution < -0.4 is 4.90 Å². The van der Waals surface area contributed by atoms with E-state index >= 15 is 0 Å². The molecule has 0 N–H and O–H groups in total. The van der Waals surface area contributed by atoms with Crippen molar-refractivity contribution in [3.05, 3.63) is 78.2 Å². The second-order valence-electron chi connectivity index (χ2n) is 3.64. The van der Waals surface area contributed by atoms with E-state index in [1.807, 2.05) is 48.6 Å². The van der Waals surface area contributed by atoms with E-state index < -0.39 is 0 Å². The van der Waals surface area contributed by atoms with E-state index in [2.05, 4.69) is 18.5 Å². The highest BCUT2D eigenvalue weighted by molar-refractivity contribution is 5.72. The number of nitriles is 1. The molecule has 0 unspecified atom stereocenters. The van der Waals surface area contributed by atoms with Crippen LogP contribution in [0.15, 0.2) is 72.7 Å². The molecule has 1 aromatic carbocycles. The highest BCUT2D eigenvalue weighted by Gasteiger charge is 2.11. The predicted octanol–water partition coefficient (Wildman–Crippen LogP) is 4.42. The van der Waals surface area contributed by atoms with Crippen molar-refractivity contribution in [2.75, 3.05) is 4.90 Å². The van der Waals surface area contributed by atoms with Crippen LogP contribution in [0.2, 0.25) is 0 Å². The lowest BCUT2D eigenvalue weighted by Gasteiger charge is -2.17. The van der Waals surface area contributed by atoms with Crippen molar-refractivity contribution in [2.24, 2.45) is 0 Å². The minimum absolute atomic E-state index is 0. The molecule has 2 heteroatoms. The molecule has 0 amide bonds. The van der Waals surface area contributed by atoms with Gasteiger partial charge in [-0.25, -0.2) is 4.90 Å². The number of hydrogen-bond acceptors (Lipinski definition) is 2. The van der Waals surface area contributed by atoms with Gasteiger partial charge in [-0.3, -0.25) is 0 Å². The Hall–Kier alpha value is -2.75. The molecule has 19 heavy (non-hydrogen) atoms. The standard InChI is InChI=1S/C16H12N2.CH4/c1-2-14-9-7-8-12-16(14)18(13-17)15-10-5-3-4-6-11-15;/h2-10,12H,1H2;1H4. The van der Waals surface area contributed by atoms with Gasteiger partial charge in [0.1, 0.15) is 0 Å². The fourth-order valence-electron chi connectivity index (χ4n) is 1.69. The third-order valence-electron chi connectivity index (χ3n) is 2.54. The monoisotopic (exact) mass is 248 g/mol. The fraction of sp³-hybridized carbons (Fsp3) is 0.0588. The molecule has 0 aliphatic heterocycles. The van der Waals surface area contributed by atoms with Crippen LogP contribution in [0.5, 0.6) is 0 Å². The van der Waals surface area contributed by atoms with Gasteiger partial charge in [0.15, 0.2) is 6.19 Å². The van der Waals surface area contributed by atoms with E-state index in [0.717, 1.165) is 11.3 Å². The highest BCUT2D eigenvalue weighted by atomic mass is 15.1. The summed E-state index contributed by atoms with van der Waals surface area (Å²) in [5, 5.41) is 9.36. The van der Waals surface area contributed by atoms with E-state index in [4.69, 9.17) is 0 Å². The molecule has 0 radical (unpaired) electrons. The van der Waals surface area contributed by atoms with Crippen LogP contribution in [-0.2, 0) is 0 Å². The lowest BCUT2D eigenvalue weighted by Crippen LogP contribution is -2.14. The molecule has 0 atom stereocenters. The molecule has 94 valence electrons. The molecule has 1 aromatic rings. The number of anilines is 1. The number of para-hydroxylation sites is 1. The number of rotatable bonds is 3. The molecule has 0 fully saturated rings. The van der Waals surface area contributed by atoms with Gasteiger partial charge in [0.05, 0.1) is 11.4 Å². The summed E-state index contributed by atoms with van der Waals surface area (Å²) in [5.41, 5.74) is 5.49. The summed E-state index contributed by atoms with van der Waals surface area (Å²) >= 11 is 0. The van der Waals surface area contributed by atoms with Crippen LogP contribution in [-0.4, -0.2) is 0 Å². The van der Waals surface area contributed by atoms with Crippen LogP contribution in [0.4, 0.5) is 5.69 Å². The van der Waals surface area contributed by atoms with E-state index in [1.54, 1.807) is 12.2 Å². The summed E-state index contributed by atoms with van der Waals surface area (Å²) in [4.78, 5) is 1.54. The molecule has 0 aromatic heterocycles. The van der Waals surface area contributed by atoms with Crippen molar-refractivity contribution in [3.8, 4) is 6.19 Å². The number of benzene rings is 1. The van der Waals surface area contributed by atoms with E-state index in [0.29, 0.717) is 5.70 Å². The first kappa shape index (κ1) is 14.3. The zero-order valence-electron chi connectivity index (χ0n) is 9.88. The third-order valence-corrected chi connectivity index (χ3v) is 2.54. The molecule has 0 saturated carbocycles. The molecular formula is C17H16N2. The number of hydrogen-bond donors (Lipinski definition) is 0. The van der Waals surface area contributed by atoms with Crippen molar-refractivity contribution in [3.63, 3.8) is 0 Å². The molecular weight excluding hydrogens is 232 g/mol. The molecule has 0 saturated heterocycles. The normalized spacial score (nSPS) is 11.8. The van der Waals surface area contributed by atoms with Crippen LogP contribution in [0.25, 0.3) is 6.08 Å². The van der Waals surface area contributed by atoms with Gasteiger partial charge in [0.25, 0.3) is 0 Å². The SMILES string of the molecule is C.C=Cc1ccccc1N(C#N)C1=C=CC=CC=C1. The molecule has 2 rings (SSSR count). The minimum atomic E-state index is 0. The fourth-order valence-corrected chi connectivity index (χ4v) is 1.69. The Labute approximate surface area is 114 Å². The van der Waals surface area contributed by atoms with Crippen molar-refractivity contribution in [1.82, 2.24) is 0 Å². The molecule has 0 heterocycles. The summed E-state index contributed by atoms with van der Waals surface area (Å²) in [6.45, 7) is 3.77. The molecule has 2 nitrogen and oxygen atoms in total. The summed E-state index contributed by atoms with van der Waals surface area (Å²) in [7, 11) is 0. The average Bonchev–Trinajstić information content (AvgIpc) is 2.69. The summed E-state index contributed by atoms with van der Waals surface area (Å²) < 4.78 is 0. The first-order chi connectivity index (χ1) is 8.86. The minimum Gasteiger partial charge on any atom is -0.240 e. The maximum atomic E-state index is 9.36. The Bertz CT molecular complexity index is 621. The van der Waals surface area contributed by atoms with Gasteiger partial charge in [-0.2, -0.15) is 5.26 Å². The average molecular weight is 248 g/mol. The van der Waals surface area contributed by atoms with Gasteiger partial charge >= 0.3 is 0 Å². The van der Waals surface area contributed by atoms with Crippen LogP contribution >= 0.6 is 0 Å². The number of allylic oxidation sites excluding steroid dienone is 4. The Balaban J connectivity index is 0.00000180. The number of nitrogens with zero attached hydrogens (tertiary/aromatic N) is 2. The Morgan fingerprint density at radius 2 is 2.00 bits per heavy atom. The summed E-state index contributed by atoms with van der Waals surface area (Å²) in [6.07, 6.45) is 13.2. The van der Waals surface area contributed by atoms with Crippen molar-refractivity contribution in [1.29, 1.82) is 5.26 Å². The molecule has 0 bridgehead atoms. The lowest BCUT2D eigenvalue weighted by molar-refractivity contribution is 1.21. The largest absolute Gasteiger partial charge is 0.240 e. The Morgan fingerprint density at radius 1 is 1.21 bits per heavy atom. The highest BCUT2D eigenvalue weighted by Crippen LogP contribution is 2.24. The van der Waals surface area contributed by atoms with Crippen molar-refractivity contribution < 1.29 is 0 Å². The quantitative estimate of drug-likeness (QED) is 0.450. The first-order valence-electron chi connectivity index (χ1n) is 5.58. The van der Waals surface area contributed by atoms with Gasteiger partial charge in [-0.05, 0) is 23.8 Å². The van der Waals surface area contributed by atoms with E-state index in [1.165, 1.54) is 4.90 Å². The molecule has 1 aliphatic carbocycles. The van der Waals surface area contributed by atoms with Crippen LogP contribution in [0, 0.1) is 11.5 Å². The van der Waals surface area contributed by atoms with Gasteiger partial charge < -0.3 is 0 Å². The maximum absolute atomic E-state index is 9.36. The van der Waals surface area contributed by atoms with E-state index in [9.17, 15) is 5.26 Å². The Kier molecular flexibility index (Phi) is 5.17. The summed E-state index contributed by atoms with van der Waals surface area (Å²) in [5.74, 6) is 0. The van der Waals surface area contributed by atoms with Crippen LogP contribution in [0.1, 0.15) is 13.0 Å². The van der Waals surface area contributed by atoms with Gasteiger partial charge in [-0.15, -0.1) is 0 Å². The smallest absolute Gasteiger partial charge is 0.189 e. The van der Waals surface area contributed by atoms with Gasteiger partial charge in [0, 0.05) is 0 Å². The zero-order valence-corrected chi connectivity index (χ0v) is 9.88. The lowest BCUT2D eigenvalue weighted by atomic mass is 10.1. The second kappa shape index (κ2) is 6.86. The Morgan fingerprint density at radius 3 is 2.74 bits per heavy atom. The first-order valence-corrected chi connectivity index (χ1v) is 5.58. The topological polar surface area (TPSA) is 27.0 Å². The molecule has 0 spiro atoms. The van der Waals surface area contributed by atoms with Crippen molar-refractivity contribution in [2.45, 2.75) is 7.43 Å². The third kappa shape index (κ3) is 3.13. The van der Waals surface area contributed by atoms with Crippen LogP contribution in [0.3, 0.4) is 0 Å². The second-order valence-corrected chi connectivity index (χ2v) is 3.64. The zero-order chi connectivity index (χ0) is 12.8. The maximum Gasteiger partial charge on any atom is 0.189 e. The summed E-state index contributed by atoms with van der Waals surface area (Å²) in [6, 6.07) is 7.64. The van der Waals surface area contributed by atoms with E-state index in [-0.39, 0.29) is 7.43 Å². The van der Waals surface area contributed by atoms with Crippen molar-refractivity contribution >= 4 is 11.8 Å². The molecule has 1 aliphatic rings. The van der Waals surface area contributed by atoms with Gasteiger partial charge in [0.2, 0.25) is 0 Å².